The van der Waals surface area contributed by atoms with Crippen molar-refractivity contribution in [1.82, 2.24) is 14.8 Å². The Kier molecular flexibility index (Phi) is 3.40. The van der Waals surface area contributed by atoms with Crippen molar-refractivity contribution in [2.75, 3.05) is 0 Å². The minimum absolute atomic E-state index is 0.0715. The Balaban J connectivity index is 2.70. The predicted molar refractivity (Wildman–Crippen MR) is 73.1 cm³/mol. The number of aromatic nitrogens is 3. The van der Waals surface area contributed by atoms with E-state index in [9.17, 15) is 8.42 Å². The van der Waals surface area contributed by atoms with Gasteiger partial charge in [0.25, 0.3) is 9.05 Å². The lowest BCUT2D eigenvalue weighted by Crippen LogP contribution is -2.13. The van der Waals surface area contributed by atoms with Crippen molar-refractivity contribution >= 4 is 19.7 Å². The van der Waals surface area contributed by atoms with Gasteiger partial charge in [-0.1, -0.05) is 26.8 Å². The fraction of sp³-hybridized carbons (Fsp3) is 0.333. The molecule has 0 fully saturated rings. The molecule has 0 radical (unpaired) electrons. The average molecular weight is 300 g/mol. The summed E-state index contributed by atoms with van der Waals surface area (Å²) < 4.78 is 24.5. The zero-order valence-electron chi connectivity index (χ0n) is 10.8. The second-order valence-corrected chi connectivity index (χ2v) is 7.67. The van der Waals surface area contributed by atoms with Gasteiger partial charge < -0.3 is 0 Å². The number of hydrogen-bond donors (Lipinski definition) is 0. The van der Waals surface area contributed by atoms with Gasteiger partial charge in [-0.15, -0.1) is 0 Å². The summed E-state index contributed by atoms with van der Waals surface area (Å²) in [7, 11) is 1.57. The highest BCUT2D eigenvalue weighted by Gasteiger charge is 2.26. The third-order valence-corrected chi connectivity index (χ3v) is 3.83. The second kappa shape index (κ2) is 4.61. The molecule has 2 aromatic rings. The maximum atomic E-state index is 11.6. The van der Waals surface area contributed by atoms with Crippen molar-refractivity contribution in [1.29, 1.82) is 0 Å². The highest BCUT2D eigenvalue weighted by Crippen LogP contribution is 2.26. The molecule has 0 unspecified atom stereocenters. The first-order chi connectivity index (χ1) is 8.69. The van der Waals surface area contributed by atoms with Gasteiger partial charge in [-0.05, 0) is 12.1 Å². The van der Waals surface area contributed by atoms with Crippen LogP contribution in [-0.2, 0) is 14.5 Å². The van der Waals surface area contributed by atoms with Crippen molar-refractivity contribution < 1.29 is 8.42 Å². The van der Waals surface area contributed by atoms with Crippen LogP contribution in [0.25, 0.3) is 5.82 Å². The van der Waals surface area contributed by atoms with Crippen LogP contribution < -0.4 is 0 Å². The molecule has 0 atom stereocenters. The van der Waals surface area contributed by atoms with Crippen molar-refractivity contribution in [2.24, 2.45) is 0 Å². The van der Waals surface area contributed by atoms with E-state index in [-0.39, 0.29) is 10.4 Å². The topological polar surface area (TPSA) is 64.8 Å². The third kappa shape index (κ3) is 2.96. The Labute approximate surface area is 116 Å². The second-order valence-electron chi connectivity index (χ2n) is 5.16. The maximum Gasteiger partial charge on any atom is 0.278 e. The predicted octanol–water partition coefficient (Wildman–Crippen LogP) is 2.49. The third-order valence-electron chi connectivity index (χ3n) is 2.56. The molecule has 2 rings (SSSR count). The monoisotopic (exact) mass is 299 g/mol. The summed E-state index contributed by atoms with van der Waals surface area (Å²) in [5, 5.41) is 4.24. The van der Waals surface area contributed by atoms with Crippen molar-refractivity contribution in [3.63, 3.8) is 0 Å². The largest absolute Gasteiger partial charge is 0.278 e. The molecule has 2 aromatic heterocycles. The molecule has 0 spiro atoms. The molecule has 0 saturated carbocycles. The van der Waals surface area contributed by atoms with Gasteiger partial charge in [-0.3, -0.25) is 0 Å². The van der Waals surface area contributed by atoms with Crippen molar-refractivity contribution in [2.45, 2.75) is 31.2 Å². The maximum absolute atomic E-state index is 11.6. The lowest BCUT2D eigenvalue weighted by molar-refractivity contribution is 0.557. The zero-order valence-corrected chi connectivity index (χ0v) is 12.4. The van der Waals surface area contributed by atoms with Gasteiger partial charge >= 0.3 is 0 Å². The summed E-state index contributed by atoms with van der Waals surface area (Å²) in [6.07, 6.45) is 1.57. The molecule has 0 saturated heterocycles. The Morgan fingerprint density at radius 1 is 1.26 bits per heavy atom. The van der Waals surface area contributed by atoms with Crippen LogP contribution in [0.2, 0.25) is 0 Å². The van der Waals surface area contributed by atoms with Crippen LogP contribution in [-0.4, -0.2) is 23.2 Å². The first-order valence-corrected chi connectivity index (χ1v) is 7.97. The highest BCUT2D eigenvalue weighted by atomic mass is 35.7. The molecule has 102 valence electrons. The fourth-order valence-corrected chi connectivity index (χ4v) is 2.47. The van der Waals surface area contributed by atoms with Crippen LogP contribution >= 0.6 is 10.7 Å². The van der Waals surface area contributed by atoms with Gasteiger partial charge in [0.2, 0.25) is 0 Å². The van der Waals surface area contributed by atoms with E-state index in [1.807, 2.05) is 20.8 Å². The van der Waals surface area contributed by atoms with E-state index in [0.29, 0.717) is 11.5 Å². The van der Waals surface area contributed by atoms with Gasteiger partial charge in [0.05, 0.1) is 5.69 Å². The average Bonchev–Trinajstić information content (AvgIpc) is 2.74. The SMILES string of the molecule is CC(C)(C)c1cc(S(=O)(=O)Cl)n(-c2ccccn2)n1. The van der Waals surface area contributed by atoms with E-state index >= 15 is 0 Å². The van der Waals surface area contributed by atoms with E-state index in [4.69, 9.17) is 10.7 Å². The normalized spacial score (nSPS) is 12.6. The van der Waals surface area contributed by atoms with E-state index in [2.05, 4.69) is 10.1 Å². The standard InChI is InChI=1S/C12H14ClN3O2S/c1-12(2,3)9-8-11(19(13,17)18)16(15-9)10-6-4-5-7-14-10/h4-8H,1-3H3. The minimum Gasteiger partial charge on any atom is -0.237 e. The number of hydrogen-bond acceptors (Lipinski definition) is 4. The molecular weight excluding hydrogens is 286 g/mol. The minimum atomic E-state index is -3.89. The molecular formula is C12H14ClN3O2S. The molecule has 0 aromatic carbocycles. The van der Waals surface area contributed by atoms with Crippen LogP contribution in [0.4, 0.5) is 0 Å². The van der Waals surface area contributed by atoms with E-state index in [1.54, 1.807) is 24.4 Å². The Hall–Kier alpha value is -1.40. The van der Waals surface area contributed by atoms with E-state index in [1.165, 1.54) is 10.7 Å². The lowest BCUT2D eigenvalue weighted by Gasteiger charge is -2.13. The molecule has 0 aliphatic carbocycles. The molecule has 19 heavy (non-hydrogen) atoms. The summed E-state index contributed by atoms with van der Waals surface area (Å²) >= 11 is 0. The molecule has 0 aliphatic rings. The number of rotatable bonds is 2. The smallest absolute Gasteiger partial charge is 0.237 e. The van der Waals surface area contributed by atoms with Gasteiger partial charge in [0, 0.05) is 28.4 Å². The van der Waals surface area contributed by atoms with Gasteiger partial charge in [-0.2, -0.15) is 5.10 Å². The quantitative estimate of drug-likeness (QED) is 0.799. The fourth-order valence-electron chi connectivity index (χ4n) is 1.55. The van der Waals surface area contributed by atoms with E-state index in [0.717, 1.165) is 0 Å². The Morgan fingerprint density at radius 3 is 2.42 bits per heavy atom. The van der Waals surface area contributed by atoms with E-state index < -0.39 is 9.05 Å². The Bertz CT molecular complexity index is 688. The number of pyridine rings is 1. The molecule has 0 amide bonds. The first kappa shape index (κ1) is 14.0. The van der Waals surface area contributed by atoms with Crippen molar-refractivity contribution in [3.05, 3.63) is 36.2 Å². The van der Waals surface area contributed by atoms with Crippen LogP contribution in [0.3, 0.4) is 0 Å². The summed E-state index contributed by atoms with van der Waals surface area (Å²) in [5.41, 5.74) is 0.355. The summed E-state index contributed by atoms with van der Waals surface area (Å²) in [5.74, 6) is 0.414. The van der Waals surface area contributed by atoms with Crippen LogP contribution in [0.1, 0.15) is 26.5 Å². The molecule has 5 nitrogen and oxygen atoms in total. The molecule has 0 bridgehead atoms. The van der Waals surface area contributed by atoms with Gasteiger partial charge in [0.15, 0.2) is 10.8 Å². The molecule has 0 N–H and O–H groups in total. The van der Waals surface area contributed by atoms with Gasteiger partial charge in [0.1, 0.15) is 0 Å². The number of halogens is 1. The zero-order chi connectivity index (χ0) is 14.3. The van der Waals surface area contributed by atoms with Crippen LogP contribution in [0.15, 0.2) is 35.5 Å². The summed E-state index contributed by atoms with van der Waals surface area (Å²) in [4.78, 5) is 4.10. The first-order valence-electron chi connectivity index (χ1n) is 5.66. The summed E-state index contributed by atoms with van der Waals surface area (Å²) in [6.45, 7) is 5.84. The van der Waals surface area contributed by atoms with Crippen molar-refractivity contribution in [3.8, 4) is 5.82 Å². The Morgan fingerprint density at radius 2 is 1.95 bits per heavy atom. The molecule has 7 heteroatoms. The highest BCUT2D eigenvalue weighted by molar-refractivity contribution is 8.13. The van der Waals surface area contributed by atoms with Gasteiger partial charge in [-0.25, -0.2) is 18.1 Å². The molecule has 2 heterocycles. The van der Waals surface area contributed by atoms with Crippen LogP contribution in [0.5, 0.6) is 0 Å². The number of nitrogens with zero attached hydrogens (tertiary/aromatic N) is 3. The molecule has 0 aliphatic heterocycles. The summed E-state index contributed by atoms with van der Waals surface area (Å²) in [6, 6.07) is 6.65. The lowest BCUT2D eigenvalue weighted by atomic mass is 9.93. The van der Waals surface area contributed by atoms with Crippen LogP contribution in [0, 0.1) is 0 Å².